The fraction of sp³-hybridized carbons (Fsp3) is 0.486. The summed E-state index contributed by atoms with van der Waals surface area (Å²) < 4.78 is 0. The fourth-order valence-electron chi connectivity index (χ4n) is 3.17. The normalized spacial score (nSPS) is 10.1. The Morgan fingerprint density at radius 3 is 1.12 bits per heavy atom. The predicted octanol–water partition coefficient (Wildman–Crippen LogP) is 10.3. The van der Waals surface area contributed by atoms with Crippen molar-refractivity contribution < 1.29 is 5.11 Å². The molecule has 0 bridgehead atoms. The second kappa shape index (κ2) is 20.9. The summed E-state index contributed by atoms with van der Waals surface area (Å²) >= 11 is 0. The van der Waals surface area contributed by atoms with E-state index in [1.807, 2.05) is 132 Å². The molecule has 3 rings (SSSR count). The molecule has 0 aliphatic rings. The number of benzene rings is 3. The van der Waals surface area contributed by atoms with Gasteiger partial charge < -0.3 is 10.8 Å². The van der Waals surface area contributed by atoms with E-state index in [0.29, 0.717) is 0 Å². The molecule has 3 aromatic carbocycles. The van der Waals surface area contributed by atoms with Gasteiger partial charge >= 0.3 is 0 Å². The van der Waals surface area contributed by atoms with Crippen molar-refractivity contribution >= 4 is 0 Å². The number of nitrogens with zero attached hydrogens (tertiary/aromatic N) is 1. The van der Waals surface area contributed by atoms with Crippen LogP contribution in [0.4, 0.5) is 0 Å². The van der Waals surface area contributed by atoms with E-state index in [0.717, 1.165) is 11.1 Å². The molecule has 0 amide bonds. The molecule has 0 aliphatic heterocycles. The Balaban J connectivity index is -0.000000468. The van der Waals surface area contributed by atoms with Gasteiger partial charge in [0.2, 0.25) is 0 Å². The minimum Gasteiger partial charge on any atom is -0.386 e. The topological polar surface area (TPSA) is 70.0 Å². The molecular formula is C37H60N2O. The standard InChI is InChI=1S/C11H13N.C10H15N.C10H14O.3C2H6/c1-9-5-4-6-10(7-9)11(2,3)8-12;2*1-8-5-4-6-9(7-8)10(2,3)11;3*1-2/h4-7H,1-3H3;4-7H,11H2,1-3H3;4-7,11H,1-3H3;3*1-2H3. The molecule has 3 heteroatoms. The Morgan fingerprint density at radius 1 is 0.575 bits per heavy atom. The van der Waals surface area contributed by atoms with Gasteiger partial charge in [-0.3, -0.25) is 0 Å². The molecular weight excluding hydrogens is 488 g/mol. The van der Waals surface area contributed by atoms with Crippen LogP contribution in [0.1, 0.15) is 116 Å². The molecule has 0 spiro atoms. The lowest BCUT2D eigenvalue weighted by Gasteiger charge is -2.19. The Hall–Kier alpha value is -2.93. The summed E-state index contributed by atoms with van der Waals surface area (Å²) in [6.07, 6.45) is 0. The summed E-state index contributed by atoms with van der Waals surface area (Å²) in [5.41, 5.74) is 11.5. The first kappa shape index (κ1) is 41.5. The monoisotopic (exact) mass is 548 g/mol. The number of rotatable bonds is 3. The van der Waals surface area contributed by atoms with E-state index in [-0.39, 0.29) is 11.0 Å². The molecule has 224 valence electrons. The lowest BCUT2D eigenvalue weighted by atomic mass is 9.86. The highest BCUT2D eigenvalue weighted by Gasteiger charge is 2.19. The Labute approximate surface area is 248 Å². The Morgan fingerprint density at radius 2 is 0.875 bits per heavy atom. The van der Waals surface area contributed by atoms with Crippen LogP contribution in [-0.2, 0) is 16.6 Å². The second-order valence-electron chi connectivity index (χ2n) is 10.6. The minimum absolute atomic E-state index is 0.216. The highest BCUT2D eigenvalue weighted by atomic mass is 16.3. The fourth-order valence-corrected chi connectivity index (χ4v) is 3.17. The van der Waals surface area contributed by atoms with E-state index in [9.17, 15) is 5.11 Å². The van der Waals surface area contributed by atoms with E-state index in [2.05, 4.69) is 37.3 Å². The van der Waals surface area contributed by atoms with Gasteiger partial charge in [0.05, 0.1) is 17.1 Å². The van der Waals surface area contributed by atoms with E-state index in [1.54, 1.807) is 13.8 Å². The third-order valence-electron chi connectivity index (χ3n) is 5.51. The smallest absolute Gasteiger partial charge is 0.0840 e. The van der Waals surface area contributed by atoms with Crippen LogP contribution >= 0.6 is 0 Å². The summed E-state index contributed by atoms with van der Waals surface area (Å²) in [6.45, 7) is 29.6. The first-order chi connectivity index (χ1) is 18.6. The molecule has 40 heavy (non-hydrogen) atoms. The predicted molar refractivity (Wildman–Crippen MR) is 179 cm³/mol. The third-order valence-corrected chi connectivity index (χ3v) is 5.51. The third kappa shape index (κ3) is 17.6. The summed E-state index contributed by atoms with van der Waals surface area (Å²) in [5, 5.41) is 18.5. The van der Waals surface area contributed by atoms with Gasteiger partial charge in [0.15, 0.2) is 0 Å². The van der Waals surface area contributed by atoms with Crippen LogP contribution in [0.5, 0.6) is 0 Å². The molecule has 0 saturated carbocycles. The molecule has 0 saturated heterocycles. The van der Waals surface area contributed by atoms with Crippen molar-refractivity contribution in [3.05, 3.63) is 106 Å². The van der Waals surface area contributed by atoms with Gasteiger partial charge in [0.1, 0.15) is 0 Å². The summed E-state index contributed by atoms with van der Waals surface area (Å²) in [7, 11) is 0. The van der Waals surface area contributed by atoms with Crippen molar-refractivity contribution in [1.29, 1.82) is 5.26 Å². The second-order valence-corrected chi connectivity index (χ2v) is 10.6. The first-order valence-corrected chi connectivity index (χ1v) is 14.7. The molecule has 0 radical (unpaired) electrons. The van der Waals surface area contributed by atoms with Crippen LogP contribution in [0.25, 0.3) is 0 Å². The van der Waals surface area contributed by atoms with Crippen LogP contribution in [-0.4, -0.2) is 5.11 Å². The van der Waals surface area contributed by atoms with Gasteiger partial charge in [0.25, 0.3) is 0 Å². The Kier molecular flexibility index (Phi) is 21.7. The average Bonchev–Trinajstić information content (AvgIpc) is 2.92. The lowest BCUT2D eigenvalue weighted by Crippen LogP contribution is -2.28. The maximum absolute atomic E-state index is 9.61. The number of nitriles is 1. The number of aryl methyl sites for hydroxylation is 3. The van der Waals surface area contributed by atoms with Crippen LogP contribution in [0, 0.1) is 32.1 Å². The van der Waals surface area contributed by atoms with Gasteiger partial charge in [-0.05, 0) is 79.0 Å². The van der Waals surface area contributed by atoms with Crippen molar-refractivity contribution in [2.75, 3.05) is 0 Å². The van der Waals surface area contributed by atoms with Gasteiger partial charge in [0, 0.05) is 5.54 Å². The highest BCUT2D eigenvalue weighted by Crippen LogP contribution is 2.22. The molecule has 3 nitrogen and oxygen atoms in total. The summed E-state index contributed by atoms with van der Waals surface area (Å²) in [4.78, 5) is 0. The van der Waals surface area contributed by atoms with E-state index < -0.39 is 5.60 Å². The van der Waals surface area contributed by atoms with Crippen LogP contribution in [0.15, 0.2) is 72.8 Å². The largest absolute Gasteiger partial charge is 0.386 e. The minimum atomic E-state index is -0.716. The van der Waals surface area contributed by atoms with Crippen molar-refractivity contribution in [2.45, 2.75) is 120 Å². The average molecular weight is 549 g/mol. The zero-order valence-corrected chi connectivity index (χ0v) is 28.4. The molecule has 3 aromatic rings. The van der Waals surface area contributed by atoms with E-state index >= 15 is 0 Å². The first-order valence-electron chi connectivity index (χ1n) is 14.7. The van der Waals surface area contributed by atoms with Gasteiger partial charge in [-0.25, -0.2) is 0 Å². The van der Waals surface area contributed by atoms with Gasteiger partial charge in [-0.1, -0.05) is 131 Å². The van der Waals surface area contributed by atoms with Crippen molar-refractivity contribution in [2.24, 2.45) is 5.73 Å². The quantitative estimate of drug-likeness (QED) is 0.342. The zero-order valence-electron chi connectivity index (χ0n) is 28.4. The maximum atomic E-state index is 9.61. The van der Waals surface area contributed by atoms with Crippen LogP contribution in [0.3, 0.4) is 0 Å². The molecule has 0 fully saturated rings. The molecule has 0 atom stereocenters. The van der Waals surface area contributed by atoms with Crippen molar-refractivity contribution in [3.63, 3.8) is 0 Å². The molecule has 0 aromatic heterocycles. The summed E-state index contributed by atoms with van der Waals surface area (Å²) in [6, 6.07) is 26.6. The van der Waals surface area contributed by atoms with Gasteiger partial charge in [-0.15, -0.1) is 0 Å². The molecule has 0 unspecified atom stereocenters. The van der Waals surface area contributed by atoms with Crippen molar-refractivity contribution in [1.82, 2.24) is 0 Å². The van der Waals surface area contributed by atoms with E-state index in [1.165, 1.54) is 22.3 Å². The molecule has 0 aliphatic carbocycles. The van der Waals surface area contributed by atoms with Crippen LogP contribution in [0.2, 0.25) is 0 Å². The SMILES string of the molecule is CC.CC.CC.Cc1cccc(C(C)(C)C#N)c1.Cc1cccc(C(C)(C)N)c1.Cc1cccc(C(C)(C)O)c1. The highest BCUT2D eigenvalue weighted by molar-refractivity contribution is 5.33. The Bertz CT molecular complexity index is 1040. The number of hydrogen-bond acceptors (Lipinski definition) is 3. The number of nitrogens with two attached hydrogens (primary N) is 1. The number of aliphatic hydroxyl groups is 1. The van der Waals surface area contributed by atoms with Crippen molar-refractivity contribution in [3.8, 4) is 6.07 Å². The van der Waals surface area contributed by atoms with Crippen LogP contribution < -0.4 is 5.73 Å². The lowest BCUT2D eigenvalue weighted by molar-refractivity contribution is 0.0785. The zero-order chi connectivity index (χ0) is 32.2. The summed E-state index contributed by atoms with van der Waals surface area (Å²) in [5.74, 6) is 0. The van der Waals surface area contributed by atoms with Gasteiger partial charge in [-0.2, -0.15) is 5.26 Å². The van der Waals surface area contributed by atoms with E-state index in [4.69, 9.17) is 11.0 Å². The molecule has 0 heterocycles. The number of hydrogen-bond donors (Lipinski definition) is 2. The molecule has 3 N–H and O–H groups in total. The maximum Gasteiger partial charge on any atom is 0.0840 e.